The van der Waals surface area contributed by atoms with Crippen LogP contribution in [0.15, 0.2) is 157 Å². The molecule has 0 N–H and O–H groups in total. The van der Waals surface area contributed by atoms with Gasteiger partial charge >= 0.3 is 0 Å². The van der Waals surface area contributed by atoms with Crippen LogP contribution < -0.4 is 10.6 Å². The second-order valence-electron chi connectivity index (χ2n) is 9.86. The first kappa shape index (κ1) is 25.3. The molecule has 1 aliphatic rings. The minimum absolute atomic E-state index is 0.118. The number of benzene rings is 5. The molecule has 0 unspecified atom stereocenters. The Kier molecular flexibility index (Phi) is 7.66. The lowest BCUT2D eigenvalue weighted by atomic mass is 9.69. The lowest BCUT2D eigenvalue weighted by molar-refractivity contribution is 0.299. The van der Waals surface area contributed by atoms with Gasteiger partial charge in [-0.05, 0) is 47.8 Å². The van der Waals surface area contributed by atoms with Crippen LogP contribution in [0.5, 0.6) is 0 Å². The Bertz CT molecular complexity index is 1350. The molecule has 6 rings (SSSR count). The van der Waals surface area contributed by atoms with Crippen molar-refractivity contribution in [3.63, 3.8) is 0 Å². The average Bonchev–Trinajstić information content (AvgIpc) is 3.49. The molecule has 2 nitrogen and oxygen atoms in total. The lowest BCUT2D eigenvalue weighted by Crippen LogP contribution is -2.38. The molecule has 5 aromatic carbocycles. The van der Waals surface area contributed by atoms with E-state index in [1.807, 2.05) is 0 Å². The van der Waals surface area contributed by atoms with Gasteiger partial charge in [0, 0.05) is 0 Å². The Morgan fingerprint density at radius 2 is 0.949 bits per heavy atom. The third kappa shape index (κ3) is 5.18. The second kappa shape index (κ2) is 11.8. The first-order chi connectivity index (χ1) is 19.4. The predicted octanol–water partition coefficient (Wildman–Crippen LogP) is 7.34. The van der Waals surface area contributed by atoms with E-state index in [0.29, 0.717) is 6.61 Å². The number of aliphatic imine (C=N–C) groups is 1. The van der Waals surface area contributed by atoms with Gasteiger partial charge in [-0.3, -0.25) is 0 Å². The summed E-state index contributed by atoms with van der Waals surface area (Å²) in [5.41, 5.74) is 2.88. The monoisotopic (exact) mass is 525 g/mol. The summed E-state index contributed by atoms with van der Waals surface area (Å²) < 4.78 is 6.60. The Morgan fingerprint density at radius 1 is 0.564 bits per heavy atom. The van der Waals surface area contributed by atoms with Crippen molar-refractivity contribution in [3.05, 3.63) is 168 Å². The smallest absolute Gasteiger partial charge is 0.203 e. The highest BCUT2D eigenvalue weighted by Crippen LogP contribution is 2.43. The van der Waals surface area contributed by atoms with Crippen molar-refractivity contribution in [1.29, 1.82) is 0 Å². The number of hydrogen-bond donors (Lipinski definition) is 0. The fourth-order valence-electron chi connectivity index (χ4n) is 5.60. The molecule has 5 aromatic rings. The summed E-state index contributed by atoms with van der Waals surface area (Å²) in [6.07, 6.45) is 2.05. The molecule has 1 atom stereocenters. The SMILES string of the molecule is c1ccc(P(CC[C@H]2COC(C(c3ccccc3)(c3ccccc3)c3ccccc3)=N2)c2ccccc2)cc1. The van der Waals surface area contributed by atoms with Gasteiger partial charge in [0.1, 0.15) is 12.0 Å². The van der Waals surface area contributed by atoms with Crippen LogP contribution in [0.4, 0.5) is 0 Å². The minimum atomic E-state index is -0.609. The Labute approximate surface area is 232 Å². The van der Waals surface area contributed by atoms with Crippen molar-refractivity contribution in [1.82, 2.24) is 0 Å². The fourth-order valence-corrected chi connectivity index (χ4v) is 8.04. The van der Waals surface area contributed by atoms with Crippen molar-refractivity contribution in [2.24, 2.45) is 4.99 Å². The maximum Gasteiger partial charge on any atom is 0.203 e. The molecule has 192 valence electrons. The summed E-state index contributed by atoms with van der Waals surface area (Å²) >= 11 is 0. The van der Waals surface area contributed by atoms with E-state index in [4.69, 9.17) is 9.73 Å². The molecule has 3 heteroatoms. The summed E-state index contributed by atoms with van der Waals surface area (Å²) in [6.45, 7) is 0.607. The van der Waals surface area contributed by atoms with Crippen LogP contribution in [-0.4, -0.2) is 24.7 Å². The van der Waals surface area contributed by atoms with Gasteiger partial charge in [0.25, 0.3) is 0 Å². The zero-order chi connectivity index (χ0) is 26.3. The van der Waals surface area contributed by atoms with Gasteiger partial charge in [-0.1, -0.05) is 152 Å². The van der Waals surface area contributed by atoms with Crippen molar-refractivity contribution < 1.29 is 4.74 Å². The van der Waals surface area contributed by atoms with Crippen molar-refractivity contribution >= 4 is 24.4 Å². The van der Waals surface area contributed by atoms with Gasteiger partial charge < -0.3 is 4.74 Å². The maximum absolute atomic E-state index is 6.60. The molecule has 0 radical (unpaired) electrons. The number of rotatable bonds is 9. The number of nitrogens with zero attached hydrogens (tertiary/aromatic N) is 1. The van der Waals surface area contributed by atoms with Crippen molar-refractivity contribution in [2.45, 2.75) is 17.9 Å². The van der Waals surface area contributed by atoms with E-state index in [-0.39, 0.29) is 6.04 Å². The van der Waals surface area contributed by atoms with E-state index in [0.717, 1.165) is 35.2 Å². The lowest BCUT2D eigenvalue weighted by Gasteiger charge is -2.35. The first-order valence-electron chi connectivity index (χ1n) is 13.6. The molecule has 0 spiro atoms. The van der Waals surface area contributed by atoms with Gasteiger partial charge in [-0.15, -0.1) is 0 Å². The standard InChI is InChI=1S/C36H32NOP/c1-6-16-29(17-7-1)36(30-18-8-2-9-19-30,31-20-10-3-11-21-31)35-37-32(28-38-35)26-27-39(33-22-12-4-13-23-33)34-24-14-5-15-25-34/h1-25,32H,26-28H2/t32-/m0/s1. The molecule has 39 heavy (non-hydrogen) atoms. The van der Waals surface area contributed by atoms with Gasteiger partial charge in [-0.2, -0.15) is 0 Å². The molecule has 0 fully saturated rings. The van der Waals surface area contributed by atoms with Crippen LogP contribution in [0.2, 0.25) is 0 Å². The van der Waals surface area contributed by atoms with Crippen LogP contribution in [0.25, 0.3) is 0 Å². The first-order valence-corrected chi connectivity index (χ1v) is 15.1. The normalized spacial score (nSPS) is 15.1. The van der Waals surface area contributed by atoms with Crippen LogP contribution >= 0.6 is 7.92 Å². The third-order valence-corrected chi connectivity index (χ3v) is 10.0. The van der Waals surface area contributed by atoms with Gasteiger partial charge in [-0.25, -0.2) is 4.99 Å². The molecular weight excluding hydrogens is 493 g/mol. The molecule has 0 amide bonds. The highest BCUT2D eigenvalue weighted by molar-refractivity contribution is 7.73. The van der Waals surface area contributed by atoms with Crippen LogP contribution in [0, 0.1) is 0 Å². The summed E-state index contributed by atoms with van der Waals surface area (Å²) in [5.74, 6) is 0.792. The van der Waals surface area contributed by atoms with E-state index in [9.17, 15) is 0 Å². The van der Waals surface area contributed by atoms with E-state index in [1.54, 1.807) is 0 Å². The molecule has 1 aliphatic heterocycles. The predicted molar refractivity (Wildman–Crippen MR) is 165 cm³/mol. The van der Waals surface area contributed by atoms with E-state index in [1.165, 1.54) is 10.6 Å². The summed E-state index contributed by atoms with van der Waals surface area (Å²) in [5, 5.41) is 2.82. The molecular formula is C36H32NOP. The zero-order valence-corrected chi connectivity index (χ0v) is 22.8. The van der Waals surface area contributed by atoms with E-state index < -0.39 is 13.3 Å². The minimum Gasteiger partial charge on any atom is -0.478 e. The van der Waals surface area contributed by atoms with Crippen molar-refractivity contribution in [3.8, 4) is 0 Å². The van der Waals surface area contributed by atoms with Crippen LogP contribution in [0.3, 0.4) is 0 Å². The van der Waals surface area contributed by atoms with Crippen LogP contribution in [0.1, 0.15) is 23.1 Å². The molecule has 0 aliphatic carbocycles. The second-order valence-corrected chi connectivity index (χ2v) is 12.2. The zero-order valence-electron chi connectivity index (χ0n) is 21.9. The average molecular weight is 526 g/mol. The Hall–Kier alpha value is -4.00. The largest absolute Gasteiger partial charge is 0.478 e. The van der Waals surface area contributed by atoms with Gasteiger partial charge in [0.15, 0.2) is 0 Å². The summed E-state index contributed by atoms with van der Waals surface area (Å²) in [4.78, 5) is 5.35. The summed E-state index contributed by atoms with van der Waals surface area (Å²) in [7, 11) is -0.466. The summed E-state index contributed by atoms with van der Waals surface area (Å²) in [6, 6.07) is 54.0. The van der Waals surface area contributed by atoms with E-state index in [2.05, 4.69) is 152 Å². The van der Waals surface area contributed by atoms with Crippen molar-refractivity contribution in [2.75, 3.05) is 12.8 Å². The topological polar surface area (TPSA) is 21.6 Å². The van der Waals surface area contributed by atoms with Gasteiger partial charge in [0.2, 0.25) is 5.90 Å². The highest BCUT2D eigenvalue weighted by Gasteiger charge is 2.45. The number of hydrogen-bond acceptors (Lipinski definition) is 2. The van der Waals surface area contributed by atoms with E-state index >= 15 is 0 Å². The third-order valence-electron chi connectivity index (χ3n) is 7.48. The number of ether oxygens (including phenoxy) is 1. The maximum atomic E-state index is 6.60. The molecule has 0 bridgehead atoms. The highest BCUT2D eigenvalue weighted by atomic mass is 31.1. The molecule has 0 saturated carbocycles. The quantitative estimate of drug-likeness (QED) is 0.146. The Morgan fingerprint density at radius 3 is 1.36 bits per heavy atom. The molecule has 0 saturated heterocycles. The fraction of sp³-hybridized carbons (Fsp3) is 0.139. The Balaban J connectivity index is 1.38. The van der Waals surface area contributed by atoms with Gasteiger partial charge in [0.05, 0.1) is 6.04 Å². The molecule has 0 aromatic heterocycles. The van der Waals surface area contributed by atoms with Crippen LogP contribution in [-0.2, 0) is 10.2 Å². The molecule has 1 heterocycles.